The van der Waals surface area contributed by atoms with E-state index in [1.165, 1.54) is 25.7 Å². The van der Waals surface area contributed by atoms with Crippen LogP contribution in [0.2, 0.25) is 0 Å². The number of methoxy groups -OCH3 is 1. The van der Waals surface area contributed by atoms with E-state index < -0.39 is 0 Å². The number of anilines is 1. The second kappa shape index (κ2) is 5.56. The fraction of sp³-hybridized carbons (Fsp3) is 0.733. The van der Waals surface area contributed by atoms with Crippen molar-refractivity contribution in [2.24, 2.45) is 0 Å². The Morgan fingerprint density at radius 3 is 2.60 bits per heavy atom. The van der Waals surface area contributed by atoms with Crippen LogP contribution in [0.5, 0.6) is 5.88 Å². The van der Waals surface area contributed by atoms with Crippen molar-refractivity contribution < 1.29 is 4.74 Å². The topological polar surface area (TPSA) is 50.3 Å². The first kappa shape index (κ1) is 13.6. The van der Waals surface area contributed by atoms with Crippen LogP contribution >= 0.6 is 0 Å². The van der Waals surface area contributed by atoms with Crippen molar-refractivity contribution in [1.82, 2.24) is 15.3 Å². The molecule has 1 aromatic rings. The lowest BCUT2D eigenvalue weighted by molar-refractivity contribution is 0.345. The molecule has 0 amide bonds. The number of rotatable bonds is 4. The number of hydrogen-bond acceptors (Lipinski definition) is 5. The van der Waals surface area contributed by atoms with E-state index in [-0.39, 0.29) is 0 Å². The number of aromatic nitrogens is 2. The minimum absolute atomic E-state index is 0.547. The molecular formula is C15H24N4O. The molecule has 2 atom stereocenters. The van der Waals surface area contributed by atoms with Crippen LogP contribution < -0.4 is 15.0 Å². The molecule has 5 heteroatoms. The van der Waals surface area contributed by atoms with Gasteiger partial charge in [0, 0.05) is 36.4 Å². The Hall–Kier alpha value is -1.36. The highest BCUT2D eigenvalue weighted by molar-refractivity contribution is 5.36. The molecule has 2 unspecified atom stereocenters. The van der Waals surface area contributed by atoms with Crippen molar-refractivity contribution in [3.63, 3.8) is 0 Å². The molecule has 3 rings (SSSR count). The molecule has 1 N–H and O–H groups in total. The largest absolute Gasteiger partial charge is 0.481 e. The highest BCUT2D eigenvalue weighted by Gasteiger charge is 2.36. The molecule has 2 bridgehead atoms. The highest BCUT2D eigenvalue weighted by atomic mass is 16.5. The van der Waals surface area contributed by atoms with E-state index in [0.29, 0.717) is 24.0 Å². The number of nitrogens with zero attached hydrogens (tertiary/aromatic N) is 3. The summed E-state index contributed by atoms with van der Waals surface area (Å²) in [7, 11) is 1.66. The lowest BCUT2D eigenvalue weighted by Crippen LogP contribution is -2.48. The average molecular weight is 276 g/mol. The molecule has 2 aliphatic heterocycles. The van der Waals surface area contributed by atoms with Crippen molar-refractivity contribution in [3.05, 3.63) is 11.8 Å². The van der Waals surface area contributed by atoms with Gasteiger partial charge in [0.1, 0.15) is 0 Å². The summed E-state index contributed by atoms with van der Waals surface area (Å²) >= 11 is 0. The number of fused-ring (bicyclic) bond motifs is 2. The lowest BCUT2D eigenvalue weighted by atomic mass is 9.98. The fourth-order valence-corrected chi connectivity index (χ4v) is 3.60. The second-order valence-electron chi connectivity index (χ2n) is 5.90. The number of ether oxygens (including phenoxy) is 1. The quantitative estimate of drug-likeness (QED) is 0.910. The number of nitrogens with one attached hydrogen (secondary N) is 1. The van der Waals surface area contributed by atoms with Gasteiger partial charge in [-0.2, -0.15) is 4.98 Å². The van der Waals surface area contributed by atoms with E-state index in [0.717, 1.165) is 18.2 Å². The zero-order valence-corrected chi connectivity index (χ0v) is 12.6. The zero-order chi connectivity index (χ0) is 14.1. The first-order chi connectivity index (χ1) is 9.69. The Bertz CT molecular complexity index is 467. The molecule has 0 radical (unpaired) electrons. The van der Waals surface area contributed by atoms with E-state index in [2.05, 4.69) is 27.1 Å². The highest BCUT2D eigenvalue weighted by Crippen LogP contribution is 2.31. The molecule has 2 fully saturated rings. The molecule has 0 spiro atoms. The molecule has 110 valence electrons. The van der Waals surface area contributed by atoms with Gasteiger partial charge in [-0.25, -0.2) is 4.98 Å². The molecule has 20 heavy (non-hydrogen) atoms. The van der Waals surface area contributed by atoms with Crippen molar-refractivity contribution in [2.75, 3.05) is 18.6 Å². The summed E-state index contributed by atoms with van der Waals surface area (Å²) < 4.78 is 5.28. The Morgan fingerprint density at radius 2 is 2.00 bits per heavy atom. The predicted molar refractivity (Wildman–Crippen MR) is 79.3 cm³/mol. The molecule has 0 aliphatic carbocycles. The van der Waals surface area contributed by atoms with E-state index >= 15 is 0 Å². The van der Waals surface area contributed by atoms with Gasteiger partial charge in [0.25, 0.3) is 0 Å². The third-order valence-electron chi connectivity index (χ3n) is 4.51. The Labute approximate surface area is 120 Å². The predicted octanol–water partition coefficient (Wildman–Crippen LogP) is 1.90. The summed E-state index contributed by atoms with van der Waals surface area (Å²) in [5.41, 5.74) is 0.960. The molecule has 3 heterocycles. The second-order valence-corrected chi connectivity index (χ2v) is 5.90. The first-order valence-electron chi connectivity index (χ1n) is 7.62. The summed E-state index contributed by atoms with van der Waals surface area (Å²) in [4.78, 5) is 11.5. The SMILES string of the molecule is CCN(c1nc(C)cc(OC)n1)C1CC2CCC(C1)N2. The Balaban J connectivity index is 1.84. The third-order valence-corrected chi connectivity index (χ3v) is 4.51. The summed E-state index contributed by atoms with van der Waals surface area (Å²) in [5.74, 6) is 1.47. The smallest absolute Gasteiger partial charge is 0.229 e. The first-order valence-corrected chi connectivity index (χ1v) is 7.62. The van der Waals surface area contributed by atoms with Gasteiger partial charge in [-0.3, -0.25) is 0 Å². The minimum Gasteiger partial charge on any atom is -0.481 e. The molecule has 0 aromatic carbocycles. The van der Waals surface area contributed by atoms with Gasteiger partial charge in [-0.15, -0.1) is 0 Å². The van der Waals surface area contributed by atoms with Gasteiger partial charge in [0.2, 0.25) is 11.8 Å². The van der Waals surface area contributed by atoms with E-state index in [9.17, 15) is 0 Å². The van der Waals surface area contributed by atoms with Crippen molar-refractivity contribution in [1.29, 1.82) is 0 Å². The monoisotopic (exact) mass is 276 g/mol. The summed E-state index contributed by atoms with van der Waals surface area (Å²) in [6.45, 7) is 5.12. The van der Waals surface area contributed by atoms with Gasteiger partial charge < -0.3 is 15.0 Å². The molecule has 2 aliphatic rings. The van der Waals surface area contributed by atoms with Crippen molar-refractivity contribution in [3.8, 4) is 5.88 Å². The van der Waals surface area contributed by atoms with Crippen LogP contribution in [-0.4, -0.2) is 41.7 Å². The lowest BCUT2D eigenvalue weighted by Gasteiger charge is -2.37. The zero-order valence-electron chi connectivity index (χ0n) is 12.6. The van der Waals surface area contributed by atoms with Gasteiger partial charge >= 0.3 is 0 Å². The maximum absolute atomic E-state index is 5.28. The van der Waals surface area contributed by atoms with Crippen LogP contribution in [0.3, 0.4) is 0 Å². The molecule has 2 saturated heterocycles. The summed E-state index contributed by atoms with van der Waals surface area (Å²) in [6.07, 6.45) is 5.03. The number of aryl methyl sites for hydroxylation is 1. The van der Waals surface area contributed by atoms with Gasteiger partial charge in [-0.1, -0.05) is 0 Å². The van der Waals surface area contributed by atoms with Crippen LogP contribution in [0.15, 0.2) is 6.07 Å². The summed E-state index contributed by atoms with van der Waals surface area (Å²) in [6, 6.07) is 3.79. The van der Waals surface area contributed by atoms with Crippen LogP contribution in [-0.2, 0) is 0 Å². The minimum atomic E-state index is 0.547. The Morgan fingerprint density at radius 1 is 1.30 bits per heavy atom. The molecule has 5 nitrogen and oxygen atoms in total. The molecule has 1 aromatic heterocycles. The van der Waals surface area contributed by atoms with Crippen LogP contribution in [0.4, 0.5) is 5.95 Å². The van der Waals surface area contributed by atoms with Crippen LogP contribution in [0.25, 0.3) is 0 Å². The van der Waals surface area contributed by atoms with E-state index in [1.54, 1.807) is 7.11 Å². The van der Waals surface area contributed by atoms with Crippen LogP contribution in [0.1, 0.15) is 38.3 Å². The molecule has 0 saturated carbocycles. The Kier molecular flexibility index (Phi) is 3.78. The van der Waals surface area contributed by atoms with Gasteiger partial charge in [0.05, 0.1) is 7.11 Å². The van der Waals surface area contributed by atoms with Gasteiger partial charge in [0.15, 0.2) is 0 Å². The van der Waals surface area contributed by atoms with E-state index in [1.807, 2.05) is 13.0 Å². The standard InChI is InChI=1S/C15H24N4O/c1-4-19(13-8-11-5-6-12(9-13)17-11)15-16-10(2)7-14(18-15)20-3/h7,11-13,17H,4-6,8-9H2,1-3H3. The maximum atomic E-state index is 5.28. The average Bonchev–Trinajstić information content (AvgIpc) is 2.78. The van der Waals surface area contributed by atoms with E-state index in [4.69, 9.17) is 4.74 Å². The normalized spacial score (nSPS) is 28.4. The fourth-order valence-electron chi connectivity index (χ4n) is 3.60. The van der Waals surface area contributed by atoms with Crippen molar-refractivity contribution in [2.45, 2.75) is 57.7 Å². The number of piperidine rings is 1. The summed E-state index contributed by atoms with van der Waals surface area (Å²) in [5, 5.41) is 3.69. The number of hydrogen-bond donors (Lipinski definition) is 1. The maximum Gasteiger partial charge on any atom is 0.229 e. The van der Waals surface area contributed by atoms with Crippen molar-refractivity contribution >= 4 is 5.95 Å². The van der Waals surface area contributed by atoms with Crippen LogP contribution in [0, 0.1) is 6.92 Å². The third kappa shape index (κ3) is 2.59. The molecular weight excluding hydrogens is 252 g/mol. The van der Waals surface area contributed by atoms with Gasteiger partial charge in [-0.05, 0) is 39.5 Å².